The molecule has 1 heterocycles. The number of sulfonamides is 1. The van der Waals surface area contributed by atoms with Crippen LogP contribution in [-0.2, 0) is 10.0 Å². The molecule has 2 N–H and O–H groups in total. The van der Waals surface area contributed by atoms with Crippen molar-refractivity contribution in [3.05, 3.63) is 23.5 Å². The van der Waals surface area contributed by atoms with E-state index in [9.17, 15) is 12.8 Å². The van der Waals surface area contributed by atoms with Gasteiger partial charge in [-0.1, -0.05) is 20.3 Å². The van der Waals surface area contributed by atoms with Crippen molar-refractivity contribution in [2.24, 2.45) is 5.41 Å². The van der Waals surface area contributed by atoms with Gasteiger partial charge in [0.2, 0.25) is 10.0 Å². The van der Waals surface area contributed by atoms with Crippen LogP contribution in [0.2, 0.25) is 0 Å². The summed E-state index contributed by atoms with van der Waals surface area (Å²) in [7, 11) is -3.68. The first kappa shape index (κ1) is 16.2. The fourth-order valence-electron chi connectivity index (χ4n) is 2.70. The molecule has 0 aromatic heterocycles. The van der Waals surface area contributed by atoms with Crippen molar-refractivity contribution >= 4 is 15.7 Å². The normalized spacial score (nSPS) is 19.6. The molecule has 1 saturated heterocycles. The van der Waals surface area contributed by atoms with E-state index >= 15 is 0 Å². The summed E-state index contributed by atoms with van der Waals surface area (Å²) in [5, 5.41) is 0. The largest absolute Gasteiger partial charge is 0.399 e. The molecule has 2 rings (SSSR count). The zero-order chi connectivity index (χ0) is 15.8. The summed E-state index contributed by atoms with van der Waals surface area (Å²) < 4.78 is 40.6. The zero-order valence-electron chi connectivity index (χ0n) is 12.8. The van der Waals surface area contributed by atoms with Crippen molar-refractivity contribution in [1.29, 1.82) is 0 Å². The van der Waals surface area contributed by atoms with Crippen LogP contribution >= 0.6 is 0 Å². The molecule has 0 unspecified atom stereocenters. The van der Waals surface area contributed by atoms with Crippen molar-refractivity contribution in [3.8, 4) is 0 Å². The second kappa shape index (κ2) is 5.57. The molecule has 1 aromatic carbocycles. The molecule has 0 spiro atoms. The van der Waals surface area contributed by atoms with Gasteiger partial charge in [-0.05, 0) is 37.3 Å². The van der Waals surface area contributed by atoms with Crippen molar-refractivity contribution in [2.75, 3.05) is 18.8 Å². The Hall–Kier alpha value is -1.14. The average Bonchev–Trinajstić information content (AvgIpc) is 2.43. The lowest BCUT2D eigenvalue weighted by atomic mass is 9.79. The average molecular weight is 314 g/mol. The third-order valence-corrected chi connectivity index (χ3v) is 6.74. The van der Waals surface area contributed by atoms with Crippen molar-refractivity contribution in [2.45, 2.75) is 44.9 Å². The SMILES string of the molecule is CCC1(C)CCN(S(=O)(=O)c2cc(N)cc(F)c2C)CC1. The molecule has 1 aliphatic heterocycles. The maximum absolute atomic E-state index is 13.8. The van der Waals surface area contributed by atoms with Gasteiger partial charge in [0.05, 0.1) is 4.90 Å². The third kappa shape index (κ3) is 3.06. The van der Waals surface area contributed by atoms with E-state index in [1.165, 1.54) is 17.3 Å². The van der Waals surface area contributed by atoms with Crippen molar-refractivity contribution in [1.82, 2.24) is 4.31 Å². The molecular weight excluding hydrogens is 291 g/mol. The van der Waals surface area contributed by atoms with Crippen LogP contribution in [0.4, 0.5) is 10.1 Å². The maximum Gasteiger partial charge on any atom is 0.243 e. The fourth-order valence-corrected chi connectivity index (χ4v) is 4.41. The van der Waals surface area contributed by atoms with Gasteiger partial charge in [0.1, 0.15) is 5.82 Å². The number of nitrogen functional groups attached to an aromatic ring is 1. The zero-order valence-corrected chi connectivity index (χ0v) is 13.6. The summed E-state index contributed by atoms with van der Waals surface area (Å²) in [4.78, 5) is -0.0138. The first-order valence-corrected chi connectivity index (χ1v) is 8.69. The number of halogens is 1. The summed E-state index contributed by atoms with van der Waals surface area (Å²) in [6.45, 7) is 6.73. The van der Waals surface area contributed by atoms with Crippen molar-refractivity contribution in [3.63, 3.8) is 0 Å². The van der Waals surface area contributed by atoms with E-state index in [1.807, 2.05) is 0 Å². The molecular formula is C15H23FN2O2S. The number of rotatable bonds is 3. The minimum absolute atomic E-state index is 0.0138. The lowest BCUT2D eigenvalue weighted by molar-refractivity contribution is 0.169. The second-order valence-corrected chi connectivity index (χ2v) is 8.10. The molecule has 118 valence electrons. The van der Waals surface area contributed by atoms with Gasteiger partial charge >= 0.3 is 0 Å². The first-order valence-electron chi connectivity index (χ1n) is 7.25. The highest BCUT2D eigenvalue weighted by Crippen LogP contribution is 2.36. The van der Waals surface area contributed by atoms with Crippen LogP contribution in [0.15, 0.2) is 17.0 Å². The van der Waals surface area contributed by atoms with Crippen molar-refractivity contribution < 1.29 is 12.8 Å². The smallest absolute Gasteiger partial charge is 0.243 e. The van der Waals surface area contributed by atoms with E-state index in [0.29, 0.717) is 13.1 Å². The lowest BCUT2D eigenvalue weighted by Crippen LogP contribution is -2.42. The summed E-state index contributed by atoms with van der Waals surface area (Å²) in [5.41, 5.74) is 6.06. The third-order valence-electron chi connectivity index (χ3n) is 4.72. The van der Waals surface area contributed by atoms with Gasteiger partial charge in [-0.15, -0.1) is 0 Å². The Bertz CT molecular complexity index is 635. The lowest BCUT2D eigenvalue weighted by Gasteiger charge is -2.38. The van der Waals surface area contributed by atoms with Gasteiger partial charge < -0.3 is 5.73 Å². The maximum atomic E-state index is 13.8. The van der Waals surface area contributed by atoms with Crippen LogP contribution in [0, 0.1) is 18.2 Å². The number of hydrogen-bond donors (Lipinski definition) is 1. The van der Waals surface area contributed by atoms with Crippen LogP contribution in [0.25, 0.3) is 0 Å². The Morgan fingerprint density at radius 2 is 1.90 bits per heavy atom. The van der Waals surface area contributed by atoms with E-state index in [2.05, 4.69) is 13.8 Å². The molecule has 4 nitrogen and oxygen atoms in total. The summed E-state index contributed by atoms with van der Waals surface area (Å²) in [6, 6.07) is 2.50. The van der Waals surface area contributed by atoms with Crippen LogP contribution in [0.1, 0.15) is 38.7 Å². The quantitative estimate of drug-likeness (QED) is 0.873. The van der Waals surface area contributed by atoms with Crippen LogP contribution < -0.4 is 5.73 Å². The summed E-state index contributed by atoms with van der Waals surface area (Å²) >= 11 is 0. The molecule has 21 heavy (non-hydrogen) atoms. The summed E-state index contributed by atoms with van der Waals surface area (Å²) in [5.74, 6) is -0.580. The number of nitrogens with zero attached hydrogens (tertiary/aromatic N) is 1. The van der Waals surface area contributed by atoms with E-state index in [-0.39, 0.29) is 21.6 Å². The number of nitrogens with two attached hydrogens (primary N) is 1. The molecule has 0 saturated carbocycles. The highest BCUT2D eigenvalue weighted by atomic mass is 32.2. The highest BCUT2D eigenvalue weighted by Gasteiger charge is 2.35. The van der Waals surface area contributed by atoms with Crippen LogP contribution in [0.5, 0.6) is 0 Å². The number of piperidine rings is 1. The number of anilines is 1. The molecule has 0 bridgehead atoms. The molecule has 0 atom stereocenters. The van der Waals surface area contributed by atoms with E-state index in [0.717, 1.165) is 25.3 Å². The van der Waals surface area contributed by atoms with Gasteiger partial charge in [0.25, 0.3) is 0 Å². The first-order chi connectivity index (χ1) is 9.69. The molecule has 1 aromatic rings. The van der Waals surface area contributed by atoms with Crippen LogP contribution in [0.3, 0.4) is 0 Å². The Labute approximate surface area is 126 Å². The van der Waals surface area contributed by atoms with Gasteiger partial charge in [-0.3, -0.25) is 0 Å². The molecule has 6 heteroatoms. The molecule has 0 radical (unpaired) electrons. The number of hydrogen-bond acceptors (Lipinski definition) is 3. The van der Waals surface area contributed by atoms with Gasteiger partial charge in [-0.2, -0.15) is 4.31 Å². The Kier molecular flexibility index (Phi) is 4.31. The van der Waals surface area contributed by atoms with E-state index < -0.39 is 15.8 Å². The second-order valence-electron chi connectivity index (χ2n) is 6.19. The standard InChI is InChI=1S/C15H23FN2O2S/c1-4-15(3)5-7-18(8-6-15)21(19,20)14-10-12(17)9-13(16)11(14)2/h9-10H,4-8,17H2,1-3H3. The highest BCUT2D eigenvalue weighted by molar-refractivity contribution is 7.89. The monoisotopic (exact) mass is 314 g/mol. The fraction of sp³-hybridized carbons (Fsp3) is 0.600. The van der Waals surface area contributed by atoms with Gasteiger partial charge in [0.15, 0.2) is 0 Å². The predicted octanol–water partition coefficient (Wildman–Crippen LogP) is 2.92. The summed E-state index contributed by atoms with van der Waals surface area (Å²) in [6.07, 6.45) is 2.69. The Morgan fingerprint density at radius 1 is 1.33 bits per heavy atom. The topological polar surface area (TPSA) is 63.4 Å². The minimum atomic E-state index is -3.68. The van der Waals surface area contributed by atoms with Gasteiger partial charge in [-0.25, -0.2) is 12.8 Å². The molecule has 0 aliphatic carbocycles. The number of benzene rings is 1. The molecule has 1 aliphatic rings. The minimum Gasteiger partial charge on any atom is -0.399 e. The Morgan fingerprint density at radius 3 is 2.43 bits per heavy atom. The van der Waals surface area contributed by atoms with Gasteiger partial charge in [0, 0.05) is 24.3 Å². The molecule has 0 amide bonds. The predicted molar refractivity (Wildman–Crippen MR) is 81.9 cm³/mol. The van der Waals surface area contributed by atoms with E-state index in [4.69, 9.17) is 5.73 Å². The molecule has 1 fully saturated rings. The van der Waals surface area contributed by atoms with Crippen LogP contribution in [-0.4, -0.2) is 25.8 Å². The Balaban J connectivity index is 2.32. The van der Waals surface area contributed by atoms with E-state index in [1.54, 1.807) is 0 Å².